The molecule has 0 aromatic heterocycles. The fourth-order valence-corrected chi connectivity index (χ4v) is 2.29. The van der Waals surface area contributed by atoms with Gasteiger partial charge in [0.15, 0.2) is 0 Å². The van der Waals surface area contributed by atoms with Crippen molar-refractivity contribution in [3.8, 4) is 5.75 Å². The van der Waals surface area contributed by atoms with Crippen LogP contribution in [-0.2, 0) is 4.79 Å². The lowest BCUT2D eigenvalue weighted by Gasteiger charge is -2.27. The summed E-state index contributed by atoms with van der Waals surface area (Å²) < 4.78 is 6.05. The summed E-state index contributed by atoms with van der Waals surface area (Å²) in [4.78, 5) is 12.1. The summed E-state index contributed by atoms with van der Waals surface area (Å²) in [6.07, 6.45) is 0. The quantitative estimate of drug-likeness (QED) is 0.842. The van der Waals surface area contributed by atoms with Gasteiger partial charge >= 0.3 is 0 Å². The first-order valence-corrected chi connectivity index (χ1v) is 7.35. The Balaban J connectivity index is 0.00000400. The van der Waals surface area contributed by atoms with Crippen molar-refractivity contribution in [2.24, 2.45) is 11.1 Å². The van der Waals surface area contributed by atoms with Gasteiger partial charge in [0, 0.05) is 0 Å². The maximum Gasteiger partial charge on any atom is 0.237 e. The minimum atomic E-state index is -0.536. The summed E-state index contributed by atoms with van der Waals surface area (Å²) in [5.74, 6) is 0.621. The van der Waals surface area contributed by atoms with Crippen LogP contribution in [0.15, 0.2) is 22.7 Å². The van der Waals surface area contributed by atoms with Crippen LogP contribution < -0.4 is 15.8 Å². The maximum absolute atomic E-state index is 12.1. The van der Waals surface area contributed by atoms with Gasteiger partial charge in [-0.25, -0.2) is 0 Å². The molecule has 0 aliphatic carbocycles. The molecule has 1 aromatic carbocycles. The van der Waals surface area contributed by atoms with E-state index in [-0.39, 0.29) is 29.8 Å². The summed E-state index contributed by atoms with van der Waals surface area (Å²) in [5, 5.41) is 2.94. The fourth-order valence-electron chi connectivity index (χ4n) is 1.73. The zero-order valence-electron chi connectivity index (χ0n) is 13.1. The predicted octanol–water partition coefficient (Wildman–Crippen LogP) is 3.43. The molecule has 0 radical (unpaired) electrons. The highest BCUT2D eigenvalue weighted by atomic mass is 79.9. The number of methoxy groups -OCH3 is 1. The molecule has 0 saturated carbocycles. The number of rotatable bonds is 4. The lowest BCUT2D eigenvalue weighted by Crippen LogP contribution is -2.49. The molecule has 3 N–H and O–H groups in total. The molecule has 1 aromatic rings. The van der Waals surface area contributed by atoms with Crippen LogP contribution in [0.1, 0.15) is 39.3 Å². The van der Waals surface area contributed by atoms with Crippen molar-refractivity contribution in [1.82, 2.24) is 5.32 Å². The SMILES string of the molecule is COc1ccc(C(C)NC(=O)[C@@H](N)C(C)(C)C)cc1Br.Cl. The van der Waals surface area contributed by atoms with Crippen molar-refractivity contribution in [3.05, 3.63) is 28.2 Å². The monoisotopic (exact) mass is 378 g/mol. The van der Waals surface area contributed by atoms with E-state index in [1.165, 1.54) is 0 Å². The number of ether oxygens (including phenoxy) is 1. The van der Waals surface area contributed by atoms with Crippen LogP contribution in [0.25, 0.3) is 0 Å². The Morgan fingerprint density at radius 3 is 2.38 bits per heavy atom. The molecule has 0 aliphatic rings. The van der Waals surface area contributed by atoms with Gasteiger partial charge in [0.2, 0.25) is 5.91 Å². The molecule has 120 valence electrons. The van der Waals surface area contributed by atoms with Crippen LogP contribution in [0.2, 0.25) is 0 Å². The van der Waals surface area contributed by atoms with Crippen molar-refractivity contribution in [1.29, 1.82) is 0 Å². The number of carbonyl (C=O) groups is 1. The lowest BCUT2D eigenvalue weighted by atomic mass is 9.86. The first-order valence-electron chi connectivity index (χ1n) is 6.56. The molecule has 0 heterocycles. The molecule has 0 saturated heterocycles. The van der Waals surface area contributed by atoms with Gasteiger partial charge < -0.3 is 15.8 Å². The zero-order valence-corrected chi connectivity index (χ0v) is 15.5. The third kappa shape index (κ3) is 5.49. The summed E-state index contributed by atoms with van der Waals surface area (Å²) in [5.41, 5.74) is 6.69. The van der Waals surface area contributed by atoms with Gasteiger partial charge in [0.05, 0.1) is 23.7 Å². The van der Waals surface area contributed by atoms with Crippen LogP contribution >= 0.6 is 28.3 Å². The van der Waals surface area contributed by atoms with E-state index in [1.54, 1.807) is 7.11 Å². The molecule has 21 heavy (non-hydrogen) atoms. The minimum absolute atomic E-state index is 0. The van der Waals surface area contributed by atoms with E-state index in [0.717, 1.165) is 15.8 Å². The molecular weight excluding hydrogens is 356 g/mol. The van der Waals surface area contributed by atoms with Crippen molar-refractivity contribution >= 4 is 34.2 Å². The molecule has 0 bridgehead atoms. The molecular formula is C15H24BrClN2O2. The predicted molar refractivity (Wildman–Crippen MR) is 91.9 cm³/mol. The number of hydrogen-bond acceptors (Lipinski definition) is 3. The Hall–Kier alpha value is -0.780. The Bertz CT molecular complexity index is 489. The van der Waals surface area contributed by atoms with Crippen molar-refractivity contribution in [3.63, 3.8) is 0 Å². The largest absolute Gasteiger partial charge is 0.496 e. The van der Waals surface area contributed by atoms with Gasteiger partial charge in [0.1, 0.15) is 5.75 Å². The zero-order chi connectivity index (χ0) is 15.5. The molecule has 4 nitrogen and oxygen atoms in total. The van der Waals surface area contributed by atoms with E-state index in [1.807, 2.05) is 45.9 Å². The van der Waals surface area contributed by atoms with Crippen LogP contribution in [0.3, 0.4) is 0 Å². The van der Waals surface area contributed by atoms with Crippen LogP contribution in [0.5, 0.6) is 5.75 Å². The number of nitrogens with one attached hydrogen (secondary N) is 1. The van der Waals surface area contributed by atoms with E-state index in [9.17, 15) is 4.79 Å². The van der Waals surface area contributed by atoms with E-state index in [0.29, 0.717) is 0 Å². The summed E-state index contributed by atoms with van der Waals surface area (Å²) in [6, 6.07) is 5.08. The second-order valence-electron chi connectivity index (χ2n) is 5.97. The highest BCUT2D eigenvalue weighted by molar-refractivity contribution is 9.10. The standard InChI is InChI=1S/C15H23BrN2O2.ClH/c1-9(18-14(19)13(17)15(2,3)4)10-6-7-12(20-5)11(16)8-10;/h6-9,13H,17H2,1-5H3,(H,18,19);1H/t9?,13-;/m1./s1. The first-order chi connectivity index (χ1) is 9.16. The maximum atomic E-state index is 12.1. The average Bonchev–Trinajstić information content (AvgIpc) is 2.36. The van der Waals surface area contributed by atoms with Gasteiger partial charge in [-0.2, -0.15) is 0 Å². The Morgan fingerprint density at radius 2 is 1.95 bits per heavy atom. The molecule has 6 heteroatoms. The highest BCUT2D eigenvalue weighted by Crippen LogP contribution is 2.28. The number of benzene rings is 1. The second kappa shape index (κ2) is 8.01. The van der Waals surface area contributed by atoms with E-state index >= 15 is 0 Å². The fraction of sp³-hybridized carbons (Fsp3) is 0.533. The third-order valence-corrected chi connectivity index (χ3v) is 3.87. The third-order valence-electron chi connectivity index (χ3n) is 3.25. The lowest BCUT2D eigenvalue weighted by molar-refractivity contribution is -0.125. The topological polar surface area (TPSA) is 64.3 Å². The van der Waals surface area contributed by atoms with Crippen molar-refractivity contribution in [2.75, 3.05) is 7.11 Å². The van der Waals surface area contributed by atoms with Gasteiger partial charge in [0.25, 0.3) is 0 Å². The van der Waals surface area contributed by atoms with Gasteiger partial charge in [-0.15, -0.1) is 12.4 Å². The summed E-state index contributed by atoms with van der Waals surface area (Å²) >= 11 is 3.44. The molecule has 2 atom stereocenters. The Labute approximate surface area is 141 Å². The van der Waals surface area contributed by atoms with Gasteiger partial charge in [-0.3, -0.25) is 4.79 Å². The van der Waals surface area contributed by atoms with Gasteiger partial charge in [-0.1, -0.05) is 26.8 Å². The second-order valence-corrected chi connectivity index (χ2v) is 6.82. The molecule has 0 fully saturated rings. The van der Waals surface area contributed by atoms with Gasteiger partial charge in [-0.05, 0) is 46.0 Å². The van der Waals surface area contributed by atoms with E-state index in [2.05, 4.69) is 21.2 Å². The summed E-state index contributed by atoms with van der Waals surface area (Å²) in [7, 11) is 1.62. The van der Waals surface area contributed by atoms with Crippen LogP contribution in [-0.4, -0.2) is 19.1 Å². The minimum Gasteiger partial charge on any atom is -0.496 e. The first kappa shape index (κ1) is 20.2. The molecule has 1 rings (SSSR count). The average molecular weight is 380 g/mol. The number of carbonyl (C=O) groups excluding carboxylic acids is 1. The normalized spacial score (nSPS) is 13.9. The number of hydrogen-bond donors (Lipinski definition) is 2. The Morgan fingerprint density at radius 1 is 1.38 bits per heavy atom. The Kier molecular flexibility index (Phi) is 7.71. The molecule has 0 spiro atoms. The summed E-state index contributed by atoms with van der Waals surface area (Å²) in [6.45, 7) is 7.78. The van der Waals surface area contributed by atoms with Crippen molar-refractivity contribution < 1.29 is 9.53 Å². The molecule has 1 amide bonds. The number of nitrogens with two attached hydrogens (primary N) is 1. The van der Waals surface area contributed by atoms with Crippen LogP contribution in [0, 0.1) is 5.41 Å². The van der Waals surface area contributed by atoms with E-state index < -0.39 is 6.04 Å². The van der Waals surface area contributed by atoms with Crippen molar-refractivity contribution in [2.45, 2.75) is 39.8 Å². The smallest absolute Gasteiger partial charge is 0.237 e. The molecule has 1 unspecified atom stereocenters. The highest BCUT2D eigenvalue weighted by Gasteiger charge is 2.28. The van der Waals surface area contributed by atoms with Crippen LogP contribution in [0.4, 0.5) is 0 Å². The number of halogens is 2. The molecule has 0 aliphatic heterocycles. The van der Waals surface area contributed by atoms with E-state index in [4.69, 9.17) is 10.5 Å². The number of amides is 1.